The van der Waals surface area contributed by atoms with Crippen LogP contribution in [0, 0.1) is 5.41 Å². The highest BCUT2D eigenvalue weighted by atomic mass is 35.5. The third-order valence-electron chi connectivity index (χ3n) is 4.25. The van der Waals surface area contributed by atoms with E-state index in [0.717, 1.165) is 16.9 Å². The summed E-state index contributed by atoms with van der Waals surface area (Å²) in [5.74, 6) is -0.0277. The fraction of sp³-hybridized carbons (Fsp3) is 0.375. The van der Waals surface area contributed by atoms with Crippen molar-refractivity contribution in [2.45, 2.75) is 12.8 Å². The molecular formula is C16H21ClN4O2. The predicted molar refractivity (Wildman–Crippen MR) is 91.4 cm³/mol. The summed E-state index contributed by atoms with van der Waals surface area (Å²) in [5, 5.41) is 9.86. The highest BCUT2D eigenvalue weighted by molar-refractivity contribution is 5.96. The molecule has 1 aliphatic rings. The Hall–Kier alpha value is -1.89. The number of benzene rings is 1. The Morgan fingerprint density at radius 3 is 2.78 bits per heavy atom. The van der Waals surface area contributed by atoms with E-state index < -0.39 is 5.41 Å². The molecule has 0 spiro atoms. The maximum absolute atomic E-state index is 12.7. The normalized spacial score (nSPS) is 16.4. The summed E-state index contributed by atoms with van der Waals surface area (Å²) in [7, 11) is 0. The van der Waals surface area contributed by atoms with Crippen LogP contribution in [-0.4, -0.2) is 35.9 Å². The molecule has 0 aliphatic carbocycles. The van der Waals surface area contributed by atoms with E-state index in [-0.39, 0.29) is 18.3 Å². The summed E-state index contributed by atoms with van der Waals surface area (Å²) in [6.45, 7) is 1.50. The van der Waals surface area contributed by atoms with Crippen molar-refractivity contribution in [1.29, 1.82) is 0 Å². The van der Waals surface area contributed by atoms with Crippen LogP contribution in [-0.2, 0) is 9.53 Å². The SMILES string of the molecule is Cl.NCC1(C(=O)Nc2cccc(-c3ccn[nH]3)c2)CCOCC1. The van der Waals surface area contributed by atoms with Gasteiger partial charge in [0.05, 0.1) is 11.1 Å². The van der Waals surface area contributed by atoms with Gasteiger partial charge in [0.15, 0.2) is 0 Å². The first-order valence-corrected chi connectivity index (χ1v) is 7.43. The minimum atomic E-state index is -0.526. The molecule has 0 unspecified atom stereocenters. The molecule has 7 heteroatoms. The number of hydrogen-bond donors (Lipinski definition) is 3. The van der Waals surface area contributed by atoms with Gasteiger partial charge >= 0.3 is 0 Å². The molecule has 4 N–H and O–H groups in total. The number of halogens is 1. The molecule has 0 radical (unpaired) electrons. The Balaban J connectivity index is 0.00000192. The number of nitrogens with one attached hydrogen (secondary N) is 2. The highest BCUT2D eigenvalue weighted by Gasteiger charge is 2.38. The smallest absolute Gasteiger partial charge is 0.232 e. The second kappa shape index (κ2) is 7.59. The molecule has 2 heterocycles. The number of aromatic amines is 1. The van der Waals surface area contributed by atoms with Gasteiger partial charge in [-0.05, 0) is 31.0 Å². The number of nitrogens with zero attached hydrogens (tertiary/aromatic N) is 1. The molecule has 23 heavy (non-hydrogen) atoms. The van der Waals surface area contributed by atoms with Crippen LogP contribution in [0.15, 0.2) is 36.5 Å². The van der Waals surface area contributed by atoms with Crippen LogP contribution in [0.4, 0.5) is 5.69 Å². The Kier molecular flexibility index (Phi) is 5.76. The Labute approximate surface area is 141 Å². The van der Waals surface area contributed by atoms with Gasteiger partial charge in [0.1, 0.15) is 0 Å². The Morgan fingerprint density at radius 1 is 1.35 bits per heavy atom. The lowest BCUT2D eigenvalue weighted by Gasteiger charge is -2.34. The van der Waals surface area contributed by atoms with E-state index in [2.05, 4.69) is 15.5 Å². The number of carbonyl (C=O) groups is 1. The van der Waals surface area contributed by atoms with E-state index in [9.17, 15) is 4.79 Å². The van der Waals surface area contributed by atoms with Gasteiger partial charge in [-0.3, -0.25) is 9.89 Å². The van der Waals surface area contributed by atoms with Gasteiger partial charge in [0.2, 0.25) is 5.91 Å². The average Bonchev–Trinajstić information content (AvgIpc) is 3.10. The zero-order valence-corrected chi connectivity index (χ0v) is 13.6. The molecule has 124 valence electrons. The minimum absolute atomic E-state index is 0. The number of H-pyrrole nitrogens is 1. The van der Waals surface area contributed by atoms with E-state index in [1.165, 1.54) is 0 Å². The van der Waals surface area contributed by atoms with Crippen molar-refractivity contribution in [2.75, 3.05) is 25.1 Å². The third-order valence-corrected chi connectivity index (χ3v) is 4.25. The molecule has 1 saturated heterocycles. The van der Waals surface area contributed by atoms with Crippen molar-refractivity contribution < 1.29 is 9.53 Å². The zero-order valence-electron chi connectivity index (χ0n) is 12.7. The van der Waals surface area contributed by atoms with Crippen molar-refractivity contribution in [2.24, 2.45) is 11.1 Å². The van der Waals surface area contributed by atoms with Crippen LogP contribution in [0.25, 0.3) is 11.3 Å². The number of aromatic nitrogens is 2. The molecule has 1 aliphatic heterocycles. The van der Waals surface area contributed by atoms with Crippen LogP contribution >= 0.6 is 12.4 Å². The minimum Gasteiger partial charge on any atom is -0.381 e. The molecular weight excluding hydrogens is 316 g/mol. The van der Waals surface area contributed by atoms with Crippen molar-refractivity contribution in [3.05, 3.63) is 36.5 Å². The van der Waals surface area contributed by atoms with E-state index in [1.807, 2.05) is 30.3 Å². The summed E-state index contributed by atoms with van der Waals surface area (Å²) in [6, 6.07) is 9.57. The van der Waals surface area contributed by atoms with Crippen LogP contribution in [0.2, 0.25) is 0 Å². The monoisotopic (exact) mass is 336 g/mol. The Bertz CT molecular complexity index is 639. The largest absolute Gasteiger partial charge is 0.381 e. The van der Waals surface area contributed by atoms with Gasteiger partial charge in [0, 0.05) is 37.2 Å². The van der Waals surface area contributed by atoms with Crippen LogP contribution in [0.3, 0.4) is 0 Å². The van der Waals surface area contributed by atoms with Gasteiger partial charge in [-0.15, -0.1) is 12.4 Å². The van der Waals surface area contributed by atoms with E-state index in [1.54, 1.807) is 6.20 Å². The average molecular weight is 337 g/mol. The highest BCUT2D eigenvalue weighted by Crippen LogP contribution is 2.31. The number of hydrogen-bond acceptors (Lipinski definition) is 4. The molecule has 1 amide bonds. The van der Waals surface area contributed by atoms with E-state index >= 15 is 0 Å². The van der Waals surface area contributed by atoms with E-state index in [4.69, 9.17) is 10.5 Å². The first-order valence-electron chi connectivity index (χ1n) is 7.43. The van der Waals surface area contributed by atoms with Crippen LogP contribution < -0.4 is 11.1 Å². The van der Waals surface area contributed by atoms with Gasteiger partial charge in [0.25, 0.3) is 0 Å². The van der Waals surface area contributed by atoms with E-state index in [0.29, 0.717) is 32.6 Å². The lowest BCUT2D eigenvalue weighted by molar-refractivity contribution is -0.130. The fourth-order valence-corrected chi connectivity index (χ4v) is 2.73. The van der Waals surface area contributed by atoms with Crippen LogP contribution in [0.1, 0.15) is 12.8 Å². The first-order chi connectivity index (χ1) is 10.7. The first kappa shape index (κ1) is 17.5. The molecule has 6 nitrogen and oxygen atoms in total. The maximum atomic E-state index is 12.7. The number of ether oxygens (including phenoxy) is 1. The van der Waals surface area contributed by atoms with Gasteiger partial charge in [-0.2, -0.15) is 5.10 Å². The molecule has 0 bridgehead atoms. The molecule has 3 rings (SSSR count). The lowest BCUT2D eigenvalue weighted by atomic mass is 9.79. The summed E-state index contributed by atoms with van der Waals surface area (Å²) in [5.41, 5.74) is 7.99. The topological polar surface area (TPSA) is 93.0 Å². The van der Waals surface area contributed by atoms with Gasteiger partial charge < -0.3 is 15.8 Å². The summed E-state index contributed by atoms with van der Waals surface area (Å²) >= 11 is 0. The second-order valence-electron chi connectivity index (χ2n) is 5.60. The van der Waals surface area contributed by atoms with Crippen molar-refractivity contribution in [3.8, 4) is 11.3 Å². The van der Waals surface area contributed by atoms with Gasteiger partial charge in [-0.25, -0.2) is 0 Å². The summed E-state index contributed by atoms with van der Waals surface area (Å²) in [4.78, 5) is 12.7. The number of carbonyl (C=O) groups excluding carboxylic acids is 1. The third kappa shape index (κ3) is 3.72. The lowest BCUT2D eigenvalue weighted by Crippen LogP contribution is -2.46. The fourth-order valence-electron chi connectivity index (χ4n) is 2.73. The number of nitrogens with two attached hydrogens (primary N) is 1. The standard InChI is InChI=1S/C16H20N4O2.ClH/c17-11-16(5-8-22-9-6-16)15(21)19-13-3-1-2-12(10-13)14-4-7-18-20-14;/h1-4,7,10H,5-6,8-9,11,17H2,(H,18,20)(H,19,21);1H. The quantitative estimate of drug-likeness (QED) is 0.798. The summed E-state index contributed by atoms with van der Waals surface area (Å²) in [6.07, 6.45) is 3.02. The number of rotatable bonds is 4. The summed E-state index contributed by atoms with van der Waals surface area (Å²) < 4.78 is 5.35. The molecule has 1 aromatic carbocycles. The zero-order chi connectivity index (χ0) is 15.4. The second-order valence-corrected chi connectivity index (χ2v) is 5.60. The van der Waals surface area contributed by atoms with Crippen molar-refractivity contribution in [1.82, 2.24) is 10.2 Å². The molecule has 2 aromatic rings. The Morgan fingerprint density at radius 2 is 2.13 bits per heavy atom. The maximum Gasteiger partial charge on any atom is 0.232 e. The van der Waals surface area contributed by atoms with Crippen molar-refractivity contribution >= 4 is 24.0 Å². The molecule has 1 aromatic heterocycles. The molecule has 1 fully saturated rings. The molecule has 0 saturated carbocycles. The van der Waals surface area contributed by atoms with Gasteiger partial charge in [-0.1, -0.05) is 12.1 Å². The molecule has 0 atom stereocenters. The van der Waals surface area contributed by atoms with Crippen molar-refractivity contribution in [3.63, 3.8) is 0 Å². The predicted octanol–water partition coefficient (Wildman–Crippen LogP) is 2.19. The van der Waals surface area contributed by atoms with Crippen LogP contribution in [0.5, 0.6) is 0 Å². The number of anilines is 1. The number of amides is 1.